The van der Waals surface area contributed by atoms with Crippen LogP contribution >= 0.6 is 23.2 Å². The maximum atomic E-state index is 13.5. The molecule has 2 fully saturated rings. The van der Waals surface area contributed by atoms with Gasteiger partial charge in [0, 0.05) is 62.9 Å². The lowest BCUT2D eigenvalue weighted by Crippen LogP contribution is -2.53. The molecule has 41 heavy (non-hydrogen) atoms. The van der Waals surface area contributed by atoms with Gasteiger partial charge in [-0.05, 0) is 37.3 Å². The lowest BCUT2D eigenvalue weighted by molar-refractivity contribution is -0.132. The molecule has 5 rings (SSSR count). The van der Waals surface area contributed by atoms with Crippen molar-refractivity contribution in [3.8, 4) is 11.3 Å². The fraction of sp³-hybridized carbons (Fsp3) is 0.400. The van der Waals surface area contributed by atoms with Gasteiger partial charge in [-0.2, -0.15) is 0 Å². The van der Waals surface area contributed by atoms with Gasteiger partial charge < -0.3 is 19.4 Å². The molecule has 2 aliphatic heterocycles. The zero-order chi connectivity index (χ0) is 28.8. The average Bonchev–Trinajstić information content (AvgIpc) is 3.00. The second-order valence-electron chi connectivity index (χ2n) is 10.3. The molecule has 1 aromatic heterocycles. The van der Waals surface area contributed by atoms with Crippen molar-refractivity contribution in [2.24, 2.45) is 0 Å². The summed E-state index contributed by atoms with van der Waals surface area (Å²) in [5.41, 5.74) is 3.38. The molecular formula is C30H34Cl2N6O3. The van der Waals surface area contributed by atoms with Crippen molar-refractivity contribution in [1.82, 2.24) is 24.9 Å². The Kier molecular flexibility index (Phi) is 9.72. The van der Waals surface area contributed by atoms with Crippen LogP contribution < -0.4 is 4.90 Å². The predicted molar refractivity (Wildman–Crippen MR) is 161 cm³/mol. The topological polar surface area (TPSA) is 82.1 Å². The monoisotopic (exact) mass is 596 g/mol. The molecule has 216 valence electrons. The van der Waals surface area contributed by atoms with E-state index in [-0.39, 0.29) is 23.4 Å². The van der Waals surface area contributed by atoms with Crippen molar-refractivity contribution in [1.29, 1.82) is 0 Å². The Bertz CT molecular complexity index is 1340. The highest BCUT2D eigenvalue weighted by molar-refractivity contribution is 6.36. The summed E-state index contributed by atoms with van der Waals surface area (Å²) in [6, 6.07) is 16.9. The Balaban J connectivity index is 1.20. The summed E-state index contributed by atoms with van der Waals surface area (Å²) in [6.07, 6.45) is 0. The molecule has 0 radical (unpaired) electrons. The molecule has 0 saturated carbocycles. The summed E-state index contributed by atoms with van der Waals surface area (Å²) >= 11 is 12.4. The minimum Gasteiger partial charge on any atom is -0.379 e. The molecular weight excluding hydrogens is 563 g/mol. The number of aryl methyl sites for hydroxylation is 1. The van der Waals surface area contributed by atoms with E-state index >= 15 is 0 Å². The third-order valence-electron chi connectivity index (χ3n) is 7.52. The van der Waals surface area contributed by atoms with E-state index in [0.717, 1.165) is 30.2 Å². The fourth-order valence-electron chi connectivity index (χ4n) is 4.99. The van der Waals surface area contributed by atoms with Gasteiger partial charge in [0.2, 0.25) is 5.91 Å². The summed E-state index contributed by atoms with van der Waals surface area (Å²) in [5, 5.41) is 9.59. The Morgan fingerprint density at radius 1 is 0.902 bits per heavy atom. The second kappa shape index (κ2) is 13.6. The Hall–Kier alpha value is -3.24. The molecule has 0 N–H and O–H groups in total. The summed E-state index contributed by atoms with van der Waals surface area (Å²) in [6.45, 7) is 8.36. The SMILES string of the molecule is Cc1ccc(-c2ccc(N3CCN(C(=O)CN(CCN4CCOCC4)C(=O)c4ccc(Cl)cc4Cl)CC3)nn2)cc1. The van der Waals surface area contributed by atoms with Gasteiger partial charge in [0.05, 0.1) is 29.5 Å². The summed E-state index contributed by atoms with van der Waals surface area (Å²) < 4.78 is 5.44. The van der Waals surface area contributed by atoms with Crippen LogP contribution in [0.2, 0.25) is 10.0 Å². The van der Waals surface area contributed by atoms with Gasteiger partial charge in [-0.25, -0.2) is 0 Å². The highest BCUT2D eigenvalue weighted by atomic mass is 35.5. The van der Waals surface area contributed by atoms with Gasteiger partial charge in [0.1, 0.15) is 6.54 Å². The van der Waals surface area contributed by atoms with Crippen molar-refractivity contribution in [3.05, 3.63) is 75.8 Å². The van der Waals surface area contributed by atoms with Gasteiger partial charge in [-0.15, -0.1) is 10.2 Å². The Morgan fingerprint density at radius 2 is 1.63 bits per heavy atom. The van der Waals surface area contributed by atoms with Gasteiger partial charge in [-0.1, -0.05) is 53.0 Å². The van der Waals surface area contributed by atoms with E-state index in [2.05, 4.69) is 39.1 Å². The fourth-order valence-corrected chi connectivity index (χ4v) is 5.48. The van der Waals surface area contributed by atoms with Crippen LogP contribution in [0.3, 0.4) is 0 Å². The number of carbonyl (C=O) groups excluding carboxylic acids is 2. The first-order chi connectivity index (χ1) is 19.9. The minimum absolute atomic E-state index is 0.0207. The Morgan fingerprint density at radius 3 is 2.29 bits per heavy atom. The van der Waals surface area contributed by atoms with E-state index in [1.165, 1.54) is 5.56 Å². The number of morpholine rings is 1. The molecule has 3 heterocycles. The Labute approximate surface area is 250 Å². The molecule has 2 aromatic carbocycles. The molecule has 0 bridgehead atoms. The third-order valence-corrected chi connectivity index (χ3v) is 8.07. The lowest BCUT2D eigenvalue weighted by atomic mass is 10.1. The van der Waals surface area contributed by atoms with Crippen molar-refractivity contribution in [2.75, 3.05) is 77.0 Å². The van der Waals surface area contributed by atoms with E-state index in [4.69, 9.17) is 27.9 Å². The number of rotatable bonds is 8. The number of hydrogen-bond donors (Lipinski definition) is 0. The lowest BCUT2D eigenvalue weighted by Gasteiger charge is -2.36. The van der Waals surface area contributed by atoms with Crippen molar-refractivity contribution in [3.63, 3.8) is 0 Å². The molecule has 2 saturated heterocycles. The zero-order valence-corrected chi connectivity index (χ0v) is 24.7. The molecule has 9 nitrogen and oxygen atoms in total. The molecule has 2 aliphatic rings. The van der Waals surface area contributed by atoms with Crippen LogP contribution in [0.15, 0.2) is 54.6 Å². The molecule has 3 aromatic rings. The number of carbonyl (C=O) groups is 2. The van der Waals surface area contributed by atoms with E-state index in [9.17, 15) is 9.59 Å². The summed E-state index contributed by atoms with van der Waals surface area (Å²) in [7, 11) is 0. The van der Waals surface area contributed by atoms with E-state index in [1.807, 2.05) is 29.2 Å². The van der Waals surface area contributed by atoms with E-state index < -0.39 is 0 Å². The van der Waals surface area contributed by atoms with Crippen LogP contribution in [0.5, 0.6) is 0 Å². The first-order valence-corrected chi connectivity index (χ1v) is 14.6. The van der Waals surface area contributed by atoms with Crippen molar-refractivity contribution in [2.45, 2.75) is 6.92 Å². The highest BCUT2D eigenvalue weighted by Crippen LogP contribution is 2.23. The largest absolute Gasteiger partial charge is 0.379 e. The zero-order valence-electron chi connectivity index (χ0n) is 23.1. The molecule has 0 aliphatic carbocycles. The summed E-state index contributed by atoms with van der Waals surface area (Å²) in [5.74, 6) is 0.411. The van der Waals surface area contributed by atoms with Crippen molar-refractivity contribution < 1.29 is 14.3 Å². The highest BCUT2D eigenvalue weighted by Gasteiger charge is 2.27. The standard InChI is InChI=1S/C30H34Cl2N6O3/c1-22-2-4-23(5-3-22)27-8-9-28(34-33-27)36-12-14-37(15-13-36)29(39)21-38(11-10-35-16-18-41-19-17-35)30(40)25-7-6-24(31)20-26(25)32/h2-9,20H,10-19,21H2,1H3. The van der Waals surface area contributed by atoms with Crippen LogP contribution in [0.25, 0.3) is 11.3 Å². The maximum absolute atomic E-state index is 13.5. The molecule has 0 spiro atoms. The number of amides is 2. The number of ether oxygens (including phenoxy) is 1. The van der Waals surface area contributed by atoms with Crippen molar-refractivity contribution >= 4 is 40.8 Å². The number of anilines is 1. The minimum atomic E-state index is -0.282. The average molecular weight is 598 g/mol. The maximum Gasteiger partial charge on any atom is 0.255 e. The van der Waals surface area contributed by atoms with Gasteiger partial charge >= 0.3 is 0 Å². The number of halogens is 2. The first-order valence-electron chi connectivity index (χ1n) is 13.9. The smallest absolute Gasteiger partial charge is 0.255 e. The second-order valence-corrected chi connectivity index (χ2v) is 11.2. The third kappa shape index (κ3) is 7.54. The van der Waals surface area contributed by atoms with Crippen LogP contribution in [0, 0.1) is 6.92 Å². The predicted octanol–water partition coefficient (Wildman–Crippen LogP) is 3.88. The van der Waals surface area contributed by atoms with E-state index in [1.54, 1.807) is 23.1 Å². The number of nitrogens with zero attached hydrogens (tertiary/aromatic N) is 6. The number of piperazine rings is 1. The number of aromatic nitrogens is 2. The quantitative estimate of drug-likeness (QED) is 0.390. The molecule has 0 atom stereocenters. The van der Waals surface area contributed by atoms with Gasteiger partial charge in [0.15, 0.2) is 5.82 Å². The molecule has 2 amide bonds. The molecule has 11 heteroatoms. The van der Waals surface area contributed by atoms with Crippen LogP contribution in [0.1, 0.15) is 15.9 Å². The van der Waals surface area contributed by atoms with Gasteiger partial charge in [0.25, 0.3) is 5.91 Å². The van der Waals surface area contributed by atoms with Gasteiger partial charge in [-0.3, -0.25) is 14.5 Å². The molecule has 0 unspecified atom stereocenters. The summed E-state index contributed by atoms with van der Waals surface area (Å²) in [4.78, 5) is 34.7. The number of benzene rings is 2. The van der Waals surface area contributed by atoms with E-state index in [0.29, 0.717) is 63.1 Å². The van der Waals surface area contributed by atoms with Crippen LogP contribution in [-0.2, 0) is 9.53 Å². The first kappa shape index (κ1) is 29.3. The van der Waals surface area contributed by atoms with Crippen LogP contribution in [-0.4, -0.2) is 109 Å². The van der Waals surface area contributed by atoms with Crippen LogP contribution in [0.4, 0.5) is 5.82 Å². The normalized spacial score (nSPS) is 16.1. The number of hydrogen-bond acceptors (Lipinski definition) is 7.